The van der Waals surface area contributed by atoms with Gasteiger partial charge in [0.15, 0.2) is 5.69 Å². The quantitative estimate of drug-likeness (QED) is 0.303. The Labute approximate surface area is 190 Å². The predicted octanol–water partition coefficient (Wildman–Crippen LogP) is 7.28. The maximum Gasteiger partial charge on any atom is 0.200 e. The first-order valence-electron chi connectivity index (χ1n) is 11.4. The SMILES string of the molecule is CPc1ccccc1C1N(c2c(C(C)C)cccc2C(C)C)c2ccccc2[N+]1(C)C. The van der Waals surface area contributed by atoms with E-state index in [9.17, 15) is 0 Å². The number of benzene rings is 3. The molecule has 2 nitrogen and oxygen atoms in total. The van der Waals surface area contributed by atoms with Crippen LogP contribution >= 0.6 is 8.58 Å². The molecule has 2 unspecified atom stereocenters. The van der Waals surface area contributed by atoms with Crippen molar-refractivity contribution >= 4 is 30.9 Å². The molecule has 4 rings (SSSR count). The van der Waals surface area contributed by atoms with E-state index in [2.05, 4.69) is 120 Å². The van der Waals surface area contributed by atoms with Gasteiger partial charge < -0.3 is 0 Å². The molecule has 0 N–H and O–H groups in total. The fourth-order valence-corrected chi connectivity index (χ4v) is 5.94. The molecular formula is C28H36N2P+. The van der Waals surface area contributed by atoms with Gasteiger partial charge in [0, 0.05) is 11.6 Å². The van der Waals surface area contributed by atoms with E-state index in [4.69, 9.17) is 0 Å². The van der Waals surface area contributed by atoms with Crippen LogP contribution in [0.15, 0.2) is 66.7 Å². The number of para-hydroxylation sites is 3. The molecule has 1 aliphatic heterocycles. The van der Waals surface area contributed by atoms with E-state index in [1.54, 1.807) is 0 Å². The van der Waals surface area contributed by atoms with E-state index in [1.165, 1.54) is 39.1 Å². The van der Waals surface area contributed by atoms with Crippen molar-refractivity contribution in [1.29, 1.82) is 0 Å². The summed E-state index contributed by atoms with van der Waals surface area (Å²) >= 11 is 0. The summed E-state index contributed by atoms with van der Waals surface area (Å²) in [6.45, 7) is 11.6. The summed E-state index contributed by atoms with van der Waals surface area (Å²) in [5.74, 6) is 0.919. The third-order valence-electron chi connectivity index (χ3n) is 6.71. The van der Waals surface area contributed by atoms with Gasteiger partial charge in [-0.05, 0) is 41.0 Å². The highest BCUT2D eigenvalue weighted by molar-refractivity contribution is 7.46. The van der Waals surface area contributed by atoms with Gasteiger partial charge in [0.1, 0.15) is 5.69 Å². The summed E-state index contributed by atoms with van der Waals surface area (Å²) in [4.78, 5) is 2.67. The van der Waals surface area contributed by atoms with Crippen molar-refractivity contribution in [3.63, 3.8) is 0 Å². The van der Waals surface area contributed by atoms with E-state index in [0.29, 0.717) is 11.8 Å². The monoisotopic (exact) mass is 431 g/mol. The van der Waals surface area contributed by atoms with Crippen LogP contribution in [0.5, 0.6) is 0 Å². The van der Waals surface area contributed by atoms with Crippen LogP contribution in [0.1, 0.15) is 62.4 Å². The Hall–Kier alpha value is -2.15. The number of quaternary nitrogens is 1. The second kappa shape index (κ2) is 8.41. The summed E-state index contributed by atoms with van der Waals surface area (Å²) in [5.41, 5.74) is 8.44. The molecule has 0 spiro atoms. The van der Waals surface area contributed by atoms with Gasteiger partial charge in [-0.15, -0.1) is 0 Å². The summed E-state index contributed by atoms with van der Waals surface area (Å²) in [6.07, 6.45) is 0.207. The standard InChI is InChI=1S/C28H36N2P/c1-19(2)21-14-12-15-22(20(3)4)27(21)29-24-16-9-10-17-25(24)30(5,6)28(29)23-13-8-11-18-26(23)31-7/h8-20,28,31H,1-7H3/q+1. The molecule has 0 bridgehead atoms. The summed E-state index contributed by atoms with van der Waals surface area (Å²) in [6, 6.07) is 25.0. The number of nitrogens with zero attached hydrogens (tertiary/aromatic N) is 2. The second-order valence-electron chi connectivity index (χ2n) is 9.70. The zero-order valence-electron chi connectivity index (χ0n) is 20.0. The smallest absolute Gasteiger partial charge is 0.200 e. The van der Waals surface area contributed by atoms with Gasteiger partial charge in [-0.3, -0.25) is 9.38 Å². The molecule has 0 aromatic heterocycles. The first kappa shape index (κ1) is 22.1. The van der Waals surface area contributed by atoms with Gasteiger partial charge >= 0.3 is 0 Å². The highest BCUT2D eigenvalue weighted by atomic mass is 31.1. The van der Waals surface area contributed by atoms with Gasteiger partial charge in [0.2, 0.25) is 6.17 Å². The van der Waals surface area contributed by atoms with Crippen molar-refractivity contribution in [3.05, 3.63) is 83.4 Å². The fourth-order valence-electron chi connectivity index (χ4n) is 5.18. The number of fused-ring (bicyclic) bond motifs is 1. The van der Waals surface area contributed by atoms with Gasteiger partial charge in [-0.1, -0.05) is 90.9 Å². The molecule has 1 heterocycles. The summed E-state index contributed by atoms with van der Waals surface area (Å²) < 4.78 is 0.821. The first-order valence-corrected chi connectivity index (χ1v) is 12.9. The lowest BCUT2D eigenvalue weighted by Gasteiger charge is -2.38. The van der Waals surface area contributed by atoms with E-state index < -0.39 is 0 Å². The predicted molar refractivity (Wildman–Crippen MR) is 140 cm³/mol. The lowest BCUT2D eigenvalue weighted by Crippen LogP contribution is -2.47. The number of rotatable bonds is 5. The molecule has 0 amide bonds. The summed E-state index contributed by atoms with van der Waals surface area (Å²) in [7, 11) is 5.51. The Bertz CT molecular complexity index is 1060. The van der Waals surface area contributed by atoms with Crippen molar-refractivity contribution in [1.82, 2.24) is 4.48 Å². The number of anilines is 2. The van der Waals surface area contributed by atoms with E-state index in [0.717, 1.165) is 13.1 Å². The molecule has 31 heavy (non-hydrogen) atoms. The van der Waals surface area contributed by atoms with Crippen LogP contribution in [0.3, 0.4) is 0 Å². The molecule has 0 radical (unpaired) electrons. The number of hydrogen-bond acceptors (Lipinski definition) is 1. The van der Waals surface area contributed by atoms with Crippen LogP contribution in [0.2, 0.25) is 0 Å². The van der Waals surface area contributed by atoms with Crippen LogP contribution in [0.4, 0.5) is 17.1 Å². The molecule has 3 aromatic rings. The molecule has 2 atom stereocenters. The minimum atomic E-state index is 0.207. The van der Waals surface area contributed by atoms with Crippen molar-refractivity contribution in [3.8, 4) is 0 Å². The van der Waals surface area contributed by atoms with Crippen LogP contribution in [-0.4, -0.2) is 20.8 Å². The van der Waals surface area contributed by atoms with E-state index in [1.807, 2.05) is 0 Å². The van der Waals surface area contributed by atoms with E-state index >= 15 is 0 Å². The average molecular weight is 432 g/mol. The Balaban J connectivity index is 2.08. The highest BCUT2D eigenvalue weighted by Gasteiger charge is 2.49. The topological polar surface area (TPSA) is 3.24 Å². The molecule has 162 valence electrons. The van der Waals surface area contributed by atoms with Crippen LogP contribution in [0.25, 0.3) is 0 Å². The Kier molecular flexibility index (Phi) is 5.99. The highest BCUT2D eigenvalue weighted by Crippen LogP contribution is 2.55. The lowest BCUT2D eigenvalue weighted by molar-refractivity contribution is 0.326. The Morgan fingerprint density at radius 1 is 0.774 bits per heavy atom. The van der Waals surface area contributed by atoms with Crippen LogP contribution < -0.4 is 14.7 Å². The molecule has 1 aliphatic rings. The molecular weight excluding hydrogens is 395 g/mol. The van der Waals surface area contributed by atoms with Crippen molar-refractivity contribution in [2.75, 3.05) is 25.7 Å². The molecule has 3 heteroatoms. The number of hydrogen-bond donors (Lipinski definition) is 0. The third kappa shape index (κ3) is 3.60. The molecule has 3 aromatic carbocycles. The first-order chi connectivity index (χ1) is 14.8. The van der Waals surface area contributed by atoms with Gasteiger partial charge in [0.25, 0.3) is 0 Å². The molecule has 0 saturated heterocycles. The minimum Gasteiger partial charge on any atom is -0.281 e. The molecule has 0 saturated carbocycles. The Morgan fingerprint density at radius 2 is 1.35 bits per heavy atom. The molecule has 0 fully saturated rings. The maximum absolute atomic E-state index is 2.67. The van der Waals surface area contributed by atoms with Gasteiger partial charge in [-0.25, -0.2) is 0 Å². The minimum absolute atomic E-state index is 0.207. The van der Waals surface area contributed by atoms with Crippen LogP contribution in [-0.2, 0) is 0 Å². The largest absolute Gasteiger partial charge is 0.281 e. The Morgan fingerprint density at radius 3 is 1.97 bits per heavy atom. The fraction of sp³-hybridized carbons (Fsp3) is 0.357. The maximum atomic E-state index is 2.67. The van der Waals surface area contributed by atoms with Crippen molar-refractivity contribution in [2.24, 2.45) is 0 Å². The zero-order valence-corrected chi connectivity index (χ0v) is 21.0. The van der Waals surface area contributed by atoms with Crippen molar-refractivity contribution < 1.29 is 0 Å². The van der Waals surface area contributed by atoms with Gasteiger partial charge in [-0.2, -0.15) is 0 Å². The van der Waals surface area contributed by atoms with E-state index in [-0.39, 0.29) is 6.17 Å². The van der Waals surface area contributed by atoms with Gasteiger partial charge in [0.05, 0.1) is 19.8 Å². The second-order valence-corrected chi connectivity index (χ2v) is 10.7. The average Bonchev–Trinajstić information content (AvgIpc) is 3.00. The normalized spacial score (nSPS) is 17.8. The zero-order chi connectivity index (χ0) is 22.3. The van der Waals surface area contributed by atoms with Crippen LogP contribution in [0, 0.1) is 0 Å². The molecule has 0 aliphatic carbocycles. The lowest BCUT2D eigenvalue weighted by atomic mass is 9.91. The summed E-state index contributed by atoms with van der Waals surface area (Å²) in [5, 5.41) is 1.46. The van der Waals surface area contributed by atoms with Crippen molar-refractivity contribution in [2.45, 2.75) is 45.7 Å². The third-order valence-corrected chi connectivity index (χ3v) is 7.70.